The van der Waals surface area contributed by atoms with Crippen LogP contribution in [0.25, 0.3) is 0 Å². The number of ether oxygens (including phenoxy) is 1. The van der Waals surface area contributed by atoms with E-state index in [0.29, 0.717) is 12.2 Å². The fraction of sp³-hybridized carbons (Fsp3) is 0.333. The molecule has 1 aromatic rings. The van der Waals surface area contributed by atoms with E-state index in [1.165, 1.54) is 6.07 Å². The predicted molar refractivity (Wildman–Crippen MR) is 45.0 cm³/mol. The number of hydrogen-bond acceptors (Lipinski definition) is 2. The van der Waals surface area contributed by atoms with E-state index < -0.39 is 0 Å². The minimum absolute atomic E-state index is 0.235. The Bertz CT molecular complexity index is 263. The molecule has 0 aromatic heterocycles. The van der Waals surface area contributed by atoms with Crippen LogP contribution >= 0.6 is 0 Å². The van der Waals surface area contributed by atoms with Crippen molar-refractivity contribution in [2.45, 2.75) is 13.2 Å². The van der Waals surface area contributed by atoms with Gasteiger partial charge in [0.2, 0.25) is 0 Å². The highest BCUT2D eigenvalue weighted by Gasteiger charge is 2.00. The van der Waals surface area contributed by atoms with E-state index in [9.17, 15) is 4.39 Å². The Hall–Kier alpha value is -0.930. The number of methoxy groups -OCH3 is 1. The van der Waals surface area contributed by atoms with Crippen molar-refractivity contribution in [3.05, 3.63) is 35.1 Å². The molecule has 0 radical (unpaired) electrons. The zero-order chi connectivity index (χ0) is 8.97. The molecule has 0 aliphatic rings. The second-order valence-corrected chi connectivity index (χ2v) is 2.56. The standard InChI is InChI=1S/C9H12FNO/c1-12-6-7-2-3-8(5-11)9(10)4-7/h2-4H,5-6,11H2,1H3. The first-order chi connectivity index (χ1) is 5.77. The van der Waals surface area contributed by atoms with Gasteiger partial charge in [-0.3, -0.25) is 0 Å². The quantitative estimate of drug-likeness (QED) is 0.742. The minimum Gasteiger partial charge on any atom is -0.380 e. The third kappa shape index (κ3) is 2.03. The molecule has 0 spiro atoms. The van der Waals surface area contributed by atoms with Gasteiger partial charge in [0.05, 0.1) is 6.61 Å². The van der Waals surface area contributed by atoms with Crippen molar-refractivity contribution < 1.29 is 9.13 Å². The van der Waals surface area contributed by atoms with Gasteiger partial charge >= 0.3 is 0 Å². The van der Waals surface area contributed by atoms with Crippen LogP contribution in [-0.2, 0) is 17.9 Å². The Balaban J connectivity index is 2.86. The predicted octanol–water partition coefficient (Wildman–Crippen LogP) is 1.43. The number of halogens is 1. The Labute approximate surface area is 71.1 Å². The summed E-state index contributed by atoms with van der Waals surface area (Å²) in [7, 11) is 1.58. The summed E-state index contributed by atoms with van der Waals surface area (Å²) in [6.07, 6.45) is 0. The number of hydrogen-bond donors (Lipinski definition) is 1. The maximum absolute atomic E-state index is 13.0. The molecule has 0 bridgehead atoms. The van der Waals surface area contributed by atoms with Crippen LogP contribution in [0.4, 0.5) is 4.39 Å². The summed E-state index contributed by atoms with van der Waals surface area (Å²) in [6.45, 7) is 0.668. The van der Waals surface area contributed by atoms with Gasteiger partial charge in [0.25, 0.3) is 0 Å². The highest BCUT2D eigenvalue weighted by molar-refractivity contribution is 5.23. The van der Waals surface area contributed by atoms with Crippen molar-refractivity contribution in [3.63, 3.8) is 0 Å². The van der Waals surface area contributed by atoms with Gasteiger partial charge in [-0.1, -0.05) is 12.1 Å². The lowest BCUT2D eigenvalue weighted by molar-refractivity contribution is 0.184. The van der Waals surface area contributed by atoms with Crippen LogP contribution in [0.1, 0.15) is 11.1 Å². The van der Waals surface area contributed by atoms with Gasteiger partial charge in [0, 0.05) is 19.2 Å². The monoisotopic (exact) mass is 169 g/mol. The molecule has 0 amide bonds. The van der Waals surface area contributed by atoms with E-state index in [-0.39, 0.29) is 12.4 Å². The van der Waals surface area contributed by atoms with Crippen molar-refractivity contribution in [2.75, 3.05) is 7.11 Å². The molecule has 12 heavy (non-hydrogen) atoms. The largest absolute Gasteiger partial charge is 0.380 e. The van der Waals surface area contributed by atoms with E-state index in [2.05, 4.69) is 0 Å². The highest BCUT2D eigenvalue weighted by atomic mass is 19.1. The molecule has 0 unspecified atom stereocenters. The van der Waals surface area contributed by atoms with Crippen LogP contribution in [0.3, 0.4) is 0 Å². The number of benzene rings is 1. The molecule has 0 aliphatic carbocycles. The van der Waals surface area contributed by atoms with Gasteiger partial charge in [-0.25, -0.2) is 4.39 Å². The van der Waals surface area contributed by atoms with Crippen LogP contribution in [0.2, 0.25) is 0 Å². The molecule has 0 fully saturated rings. The Kier molecular flexibility index (Phi) is 3.19. The van der Waals surface area contributed by atoms with Crippen LogP contribution in [0, 0.1) is 5.82 Å². The molecule has 2 nitrogen and oxygen atoms in total. The summed E-state index contributed by atoms with van der Waals surface area (Å²) in [6, 6.07) is 4.95. The topological polar surface area (TPSA) is 35.2 Å². The molecule has 2 N–H and O–H groups in total. The molecule has 0 atom stereocenters. The molecule has 0 saturated carbocycles. The molecule has 1 rings (SSSR count). The summed E-state index contributed by atoms with van der Waals surface area (Å²) >= 11 is 0. The molecule has 0 saturated heterocycles. The zero-order valence-corrected chi connectivity index (χ0v) is 7.01. The maximum atomic E-state index is 13.0. The summed E-state index contributed by atoms with van der Waals surface area (Å²) in [5, 5.41) is 0. The van der Waals surface area contributed by atoms with Gasteiger partial charge in [-0.15, -0.1) is 0 Å². The minimum atomic E-state index is -0.257. The Morgan fingerprint density at radius 2 is 2.25 bits per heavy atom. The zero-order valence-electron chi connectivity index (χ0n) is 7.01. The molecule has 1 aromatic carbocycles. The van der Waals surface area contributed by atoms with Crippen molar-refractivity contribution >= 4 is 0 Å². The average Bonchev–Trinajstić information content (AvgIpc) is 2.05. The summed E-state index contributed by atoms with van der Waals surface area (Å²) in [4.78, 5) is 0. The van der Waals surface area contributed by atoms with Crippen molar-refractivity contribution in [1.29, 1.82) is 0 Å². The van der Waals surface area contributed by atoms with E-state index in [4.69, 9.17) is 10.5 Å². The smallest absolute Gasteiger partial charge is 0.128 e. The van der Waals surface area contributed by atoms with Crippen LogP contribution in [0.15, 0.2) is 18.2 Å². The van der Waals surface area contributed by atoms with Crippen molar-refractivity contribution in [1.82, 2.24) is 0 Å². The second kappa shape index (κ2) is 4.18. The first-order valence-corrected chi connectivity index (χ1v) is 3.74. The lowest BCUT2D eigenvalue weighted by atomic mass is 10.1. The van der Waals surface area contributed by atoms with Gasteiger partial charge in [-0.05, 0) is 11.6 Å². The first-order valence-electron chi connectivity index (χ1n) is 3.74. The third-order valence-electron chi connectivity index (χ3n) is 1.65. The van der Waals surface area contributed by atoms with E-state index in [0.717, 1.165) is 5.56 Å². The third-order valence-corrected chi connectivity index (χ3v) is 1.65. The van der Waals surface area contributed by atoms with Gasteiger partial charge in [-0.2, -0.15) is 0 Å². The van der Waals surface area contributed by atoms with Gasteiger partial charge < -0.3 is 10.5 Å². The van der Waals surface area contributed by atoms with Crippen molar-refractivity contribution in [3.8, 4) is 0 Å². The highest BCUT2D eigenvalue weighted by Crippen LogP contribution is 2.10. The van der Waals surface area contributed by atoms with Crippen LogP contribution < -0.4 is 5.73 Å². The summed E-state index contributed by atoms with van der Waals surface area (Å²) < 4.78 is 17.9. The van der Waals surface area contributed by atoms with E-state index in [1.54, 1.807) is 13.2 Å². The fourth-order valence-corrected chi connectivity index (χ4v) is 1.01. The van der Waals surface area contributed by atoms with Gasteiger partial charge in [0.15, 0.2) is 0 Å². The molecule has 0 aliphatic heterocycles. The molecule has 0 heterocycles. The molecular weight excluding hydrogens is 157 g/mol. The van der Waals surface area contributed by atoms with Gasteiger partial charge in [0.1, 0.15) is 5.82 Å². The maximum Gasteiger partial charge on any atom is 0.128 e. The fourth-order valence-electron chi connectivity index (χ4n) is 1.01. The molecule has 66 valence electrons. The molecule has 3 heteroatoms. The average molecular weight is 169 g/mol. The van der Waals surface area contributed by atoms with E-state index in [1.807, 2.05) is 6.07 Å². The normalized spacial score (nSPS) is 10.2. The molecular formula is C9H12FNO. The Morgan fingerprint density at radius 1 is 1.50 bits per heavy atom. The lowest BCUT2D eigenvalue weighted by Crippen LogP contribution is -2.00. The summed E-state index contributed by atoms with van der Waals surface area (Å²) in [5.74, 6) is -0.257. The van der Waals surface area contributed by atoms with E-state index >= 15 is 0 Å². The van der Waals surface area contributed by atoms with Crippen LogP contribution in [-0.4, -0.2) is 7.11 Å². The number of nitrogens with two attached hydrogens (primary N) is 1. The van der Waals surface area contributed by atoms with Crippen molar-refractivity contribution in [2.24, 2.45) is 5.73 Å². The first kappa shape index (κ1) is 9.16. The van der Waals surface area contributed by atoms with Crippen LogP contribution in [0.5, 0.6) is 0 Å². The Morgan fingerprint density at radius 3 is 2.75 bits per heavy atom. The summed E-state index contributed by atoms with van der Waals surface area (Å²) in [5.41, 5.74) is 6.67. The number of rotatable bonds is 3. The lowest BCUT2D eigenvalue weighted by Gasteiger charge is -2.02. The SMILES string of the molecule is COCc1ccc(CN)c(F)c1. The second-order valence-electron chi connectivity index (χ2n) is 2.56.